The van der Waals surface area contributed by atoms with E-state index in [9.17, 15) is 0 Å². The molecule has 0 aliphatic rings. The lowest BCUT2D eigenvalue weighted by Gasteiger charge is -2.04. The van der Waals surface area contributed by atoms with Crippen LogP contribution in [0, 0.1) is 6.92 Å². The number of hydrogen-bond donors (Lipinski definition) is 1. The molecule has 2 nitrogen and oxygen atoms in total. The molecule has 0 saturated heterocycles. The molecule has 68 valence electrons. The molecule has 0 aliphatic carbocycles. The van der Waals surface area contributed by atoms with Crippen molar-refractivity contribution < 1.29 is 0 Å². The molecule has 2 N–H and O–H groups in total. The summed E-state index contributed by atoms with van der Waals surface area (Å²) in [6.45, 7) is 2.08. The van der Waals surface area contributed by atoms with Crippen molar-refractivity contribution in [2.24, 2.45) is 5.73 Å². The number of nitrogens with two attached hydrogens (primary N) is 1. The van der Waals surface area contributed by atoms with E-state index in [-0.39, 0.29) is 6.04 Å². The Hall–Kier alpha value is -0.710. The molecule has 2 heterocycles. The largest absolute Gasteiger partial charge is 0.318 e. The van der Waals surface area contributed by atoms with Crippen LogP contribution in [0.3, 0.4) is 0 Å². The van der Waals surface area contributed by atoms with Gasteiger partial charge in [-0.3, -0.25) is 0 Å². The third kappa shape index (κ3) is 1.80. The van der Waals surface area contributed by atoms with Gasteiger partial charge in [-0.2, -0.15) is 0 Å². The van der Waals surface area contributed by atoms with Crippen molar-refractivity contribution in [1.29, 1.82) is 0 Å². The van der Waals surface area contributed by atoms with Gasteiger partial charge in [0.25, 0.3) is 0 Å². The lowest BCUT2D eigenvalue weighted by molar-refractivity contribution is 0.857. The van der Waals surface area contributed by atoms with Gasteiger partial charge in [0.2, 0.25) is 0 Å². The van der Waals surface area contributed by atoms with Crippen molar-refractivity contribution >= 4 is 22.7 Å². The Morgan fingerprint density at radius 3 is 2.85 bits per heavy atom. The second-order valence-corrected chi connectivity index (χ2v) is 4.58. The zero-order valence-corrected chi connectivity index (χ0v) is 8.86. The first-order valence-corrected chi connectivity index (χ1v) is 5.78. The number of thiophene rings is 1. The molecule has 0 radical (unpaired) electrons. The highest BCUT2D eigenvalue weighted by atomic mass is 32.1. The maximum Gasteiger partial charge on any atom is 0.0828 e. The van der Waals surface area contributed by atoms with Gasteiger partial charge in [0, 0.05) is 10.3 Å². The van der Waals surface area contributed by atoms with Crippen molar-refractivity contribution in [2.75, 3.05) is 0 Å². The van der Waals surface area contributed by atoms with E-state index >= 15 is 0 Å². The molecular formula is C9H10N2S2. The smallest absolute Gasteiger partial charge is 0.0828 e. The predicted molar refractivity (Wildman–Crippen MR) is 57.2 cm³/mol. The minimum absolute atomic E-state index is 0.0510. The number of nitrogens with zero attached hydrogens (tertiary/aromatic N) is 1. The highest BCUT2D eigenvalue weighted by Gasteiger charge is 2.11. The van der Waals surface area contributed by atoms with Gasteiger partial charge in [0.15, 0.2) is 0 Å². The van der Waals surface area contributed by atoms with Crippen LogP contribution in [0.5, 0.6) is 0 Å². The van der Waals surface area contributed by atoms with E-state index in [2.05, 4.69) is 23.4 Å². The molecule has 0 amide bonds. The summed E-state index contributed by atoms with van der Waals surface area (Å²) < 4.78 is 0. The zero-order valence-electron chi connectivity index (χ0n) is 7.23. The van der Waals surface area contributed by atoms with Crippen LogP contribution >= 0.6 is 22.7 Å². The molecule has 0 fully saturated rings. The summed E-state index contributed by atoms with van der Waals surface area (Å²) in [6.07, 6.45) is 0. The molecule has 2 aromatic heterocycles. The Labute approximate surface area is 85.1 Å². The Morgan fingerprint density at radius 1 is 1.46 bits per heavy atom. The molecule has 0 saturated carbocycles. The summed E-state index contributed by atoms with van der Waals surface area (Å²) in [5.74, 6) is 0. The quantitative estimate of drug-likeness (QED) is 0.827. The monoisotopic (exact) mass is 210 g/mol. The van der Waals surface area contributed by atoms with Gasteiger partial charge in [-0.25, -0.2) is 4.98 Å². The third-order valence-corrected chi connectivity index (χ3v) is 3.57. The first-order valence-electron chi connectivity index (χ1n) is 3.96. The highest BCUT2D eigenvalue weighted by Crippen LogP contribution is 2.25. The third-order valence-electron chi connectivity index (χ3n) is 1.83. The Morgan fingerprint density at radius 2 is 2.31 bits per heavy atom. The van der Waals surface area contributed by atoms with Crippen LogP contribution in [0.25, 0.3) is 0 Å². The fraction of sp³-hybridized carbons (Fsp3) is 0.222. The lowest BCUT2D eigenvalue weighted by Crippen LogP contribution is -2.10. The van der Waals surface area contributed by atoms with Gasteiger partial charge in [-0.15, -0.1) is 22.7 Å². The topological polar surface area (TPSA) is 38.9 Å². The van der Waals surface area contributed by atoms with E-state index in [0.29, 0.717) is 0 Å². The van der Waals surface area contributed by atoms with Crippen LogP contribution in [0.2, 0.25) is 0 Å². The average molecular weight is 210 g/mol. The molecular weight excluding hydrogens is 200 g/mol. The van der Waals surface area contributed by atoms with Crippen molar-refractivity contribution in [2.45, 2.75) is 13.0 Å². The first-order chi connectivity index (χ1) is 6.27. The Bertz CT molecular complexity index is 378. The fourth-order valence-electron chi connectivity index (χ4n) is 1.14. The molecule has 1 unspecified atom stereocenters. The van der Waals surface area contributed by atoms with E-state index in [0.717, 1.165) is 5.69 Å². The minimum Gasteiger partial charge on any atom is -0.318 e. The number of rotatable bonds is 2. The first kappa shape index (κ1) is 8.87. The second-order valence-electron chi connectivity index (χ2n) is 2.92. The SMILES string of the molecule is Cc1csc(C(N)c2cscn2)c1. The summed E-state index contributed by atoms with van der Waals surface area (Å²) in [6, 6.07) is 2.07. The van der Waals surface area contributed by atoms with Crippen LogP contribution in [-0.2, 0) is 0 Å². The maximum absolute atomic E-state index is 6.03. The standard InChI is InChI=1S/C9H10N2S2/c1-6-2-8(13-3-6)9(10)7-4-12-5-11-7/h2-5,9H,10H2,1H3. The summed E-state index contributed by atoms with van der Waals surface area (Å²) in [4.78, 5) is 5.39. The zero-order chi connectivity index (χ0) is 9.26. The maximum atomic E-state index is 6.03. The van der Waals surface area contributed by atoms with Crippen molar-refractivity contribution in [3.63, 3.8) is 0 Å². The molecule has 13 heavy (non-hydrogen) atoms. The molecule has 0 spiro atoms. The van der Waals surface area contributed by atoms with Gasteiger partial charge < -0.3 is 5.73 Å². The van der Waals surface area contributed by atoms with Gasteiger partial charge in [0.05, 0.1) is 17.2 Å². The van der Waals surface area contributed by atoms with Gasteiger partial charge >= 0.3 is 0 Å². The molecule has 0 bridgehead atoms. The molecule has 0 aromatic carbocycles. The van der Waals surface area contributed by atoms with Crippen molar-refractivity contribution in [3.8, 4) is 0 Å². The average Bonchev–Trinajstić information content (AvgIpc) is 2.72. The van der Waals surface area contributed by atoms with Gasteiger partial charge in [-0.1, -0.05) is 0 Å². The van der Waals surface area contributed by atoms with Crippen LogP contribution in [0.1, 0.15) is 22.2 Å². The van der Waals surface area contributed by atoms with Crippen LogP contribution < -0.4 is 5.73 Å². The van der Waals surface area contributed by atoms with E-state index in [4.69, 9.17) is 5.73 Å². The van der Waals surface area contributed by atoms with Crippen LogP contribution in [-0.4, -0.2) is 4.98 Å². The van der Waals surface area contributed by atoms with Crippen LogP contribution in [0.4, 0.5) is 0 Å². The van der Waals surface area contributed by atoms with Gasteiger partial charge in [0.1, 0.15) is 0 Å². The molecule has 2 aromatic rings. The lowest BCUT2D eigenvalue weighted by atomic mass is 10.2. The summed E-state index contributed by atoms with van der Waals surface area (Å²) in [5, 5.41) is 4.11. The number of aromatic nitrogens is 1. The number of aryl methyl sites for hydroxylation is 1. The summed E-state index contributed by atoms with van der Waals surface area (Å²) in [7, 11) is 0. The molecule has 1 atom stereocenters. The summed E-state index contributed by atoms with van der Waals surface area (Å²) >= 11 is 3.28. The predicted octanol–water partition coefficient (Wildman–Crippen LogP) is 2.56. The minimum atomic E-state index is -0.0510. The van der Waals surface area contributed by atoms with E-state index in [1.165, 1.54) is 10.4 Å². The van der Waals surface area contributed by atoms with Crippen LogP contribution in [0.15, 0.2) is 22.3 Å². The number of thiazole rings is 1. The van der Waals surface area contributed by atoms with E-state index in [1.54, 1.807) is 22.7 Å². The Kier molecular flexibility index (Phi) is 2.44. The highest BCUT2D eigenvalue weighted by molar-refractivity contribution is 7.10. The molecule has 4 heteroatoms. The van der Waals surface area contributed by atoms with Gasteiger partial charge in [-0.05, 0) is 23.9 Å². The second kappa shape index (κ2) is 3.57. The summed E-state index contributed by atoms with van der Waals surface area (Å²) in [5.41, 5.74) is 10.1. The Balaban J connectivity index is 2.28. The fourth-order valence-corrected chi connectivity index (χ4v) is 2.64. The van der Waals surface area contributed by atoms with Crippen molar-refractivity contribution in [3.05, 3.63) is 38.5 Å². The van der Waals surface area contributed by atoms with E-state index < -0.39 is 0 Å². The number of hydrogen-bond acceptors (Lipinski definition) is 4. The normalized spacial score (nSPS) is 13.1. The van der Waals surface area contributed by atoms with E-state index in [1.807, 2.05) is 10.9 Å². The van der Waals surface area contributed by atoms with Crippen molar-refractivity contribution in [1.82, 2.24) is 4.98 Å². The molecule has 0 aliphatic heterocycles. The molecule has 2 rings (SSSR count).